The summed E-state index contributed by atoms with van der Waals surface area (Å²) in [6.07, 6.45) is 0. The van der Waals surface area contributed by atoms with E-state index >= 15 is 0 Å². The first-order valence-corrected chi connectivity index (χ1v) is 8.03. The van der Waals surface area contributed by atoms with Gasteiger partial charge in [0.05, 0.1) is 0 Å². The molecule has 1 N–H and O–H groups in total. The van der Waals surface area contributed by atoms with Gasteiger partial charge in [-0.2, -0.15) is 0 Å². The number of rotatable bonds is 7. The number of benzene rings is 2. The van der Waals surface area contributed by atoms with Gasteiger partial charge in [0, 0.05) is 18.7 Å². The number of tetrazole rings is 1. The lowest BCUT2D eigenvalue weighted by Crippen LogP contribution is -2.09. The largest absolute Gasteiger partial charge is 0.489 e. The topological polar surface area (TPSA) is 64.9 Å². The molecular weight excluding hydrogens is 302 g/mol. The van der Waals surface area contributed by atoms with Crippen molar-refractivity contribution in [3.8, 4) is 5.75 Å². The van der Waals surface area contributed by atoms with Crippen LogP contribution < -0.4 is 10.1 Å². The molecule has 0 amide bonds. The molecule has 6 nitrogen and oxygen atoms in total. The highest BCUT2D eigenvalue weighted by atomic mass is 16.5. The molecular formula is C18H21N5O. The molecule has 24 heavy (non-hydrogen) atoms. The molecule has 3 rings (SSSR count). The highest BCUT2D eigenvalue weighted by Crippen LogP contribution is 2.21. The number of aryl methyl sites for hydroxylation is 2. The van der Waals surface area contributed by atoms with Gasteiger partial charge < -0.3 is 10.1 Å². The van der Waals surface area contributed by atoms with E-state index in [4.69, 9.17) is 4.74 Å². The second-order valence-electron chi connectivity index (χ2n) is 5.49. The smallest absolute Gasteiger partial charge is 0.243 e. The number of nitrogens with zero attached hydrogens (tertiary/aromatic N) is 4. The second kappa shape index (κ2) is 7.59. The molecule has 1 aromatic heterocycles. The third-order valence-corrected chi connectivity index (χ3v) is 3.89. The predicted octanol–water partition coefficient (Wildman–Crippen LogP) is 3.19. The molecule has 0 spiro atoms. The van der Waals surface area contributed by atoms with Gasteiger partial charge in [0.1, 0.15) is 12.4 Å². The van der Waals surface area contributed by atoms with Crippen LogP contribution in [0.25, 0.3) is 0 Å². The molecule has 0 aliphatic rings. The van der Waals surface area contributed by atoms with Crippen LogP contribution in [0.2, 0.25) is 0 Å². The fourth-order valence-corrected chi connectivity index (χ4v) is 2.44. The van der Waals surface area contributed by atoms with E-state index in [9.17, 15) is 0 Å². The molecule has 1 heterocycles. The van der Waals surface area contributed by atoms with Crippen molar-refractivity contribution in [3.05, 3.63) is 65.2 Å². The first-order valence-electron chi connectivity index (χ1n) is 8.03. The SMILES string of the molecule is CCn1nnnc1NCc1ccccc1OCc1ccccc1C. The van der Waals surface area contributed by atoms with Gasteiger partial charge in [-0.15, -0.1) is 0 Å². The Labute approximate surface area is 141 Å². The molecule has 0 saturated heterocycles. The number of hydrogen-bond donors (Lipinski definition) is 1. The Hall–Kier alpha value is -2.89. The van der Waals surface area contributed by atoms with Gasteiger partial charge in [-0.05, 0) is 41.5 Å². The Morgan fingerprint density at radius 3 is 2.58 bits per heavy atom. The lowest BCUT2D eigenvalue weighted by Gasteiger charge is -2.13. The molecule has 0 atom stereocenters. The van der Waals surface area contributed by atoms with E-state index in [0.29, 0.717) is 19.1 Å². The summed E-state index contributed by atoms with van der Waals surface area (Å²) in [5.74, 6) is 1.52. The molecule has 0 unspecified atom stereocenters. The van der Waals surface area contributed by atoms with Gasteiger partial charge in [0.2, 0.25) is 5.95 Å². The van der Waals surface area contributed by atoms with E-state index in [1.165, 1.54) is 11.1 Å². The van der Waals surface area contributed by atoms with Crippen LogP contribution in [0.4, 0.5) is 5.95 Å². The average Bonchev–Trinajstić information content (AvgIpc) is 3.07. The Bertz CT molecular complexity index is 799. The summed E-state index contributed by atoms with van der Waals surface area (Å²) in [5.41, 5.74) is 3.49. The van der Waals surface area contributed by atoms with Crippen LogP contribution in [0.15, 0.2) is 48.5 Å². The summed E-state index contributed by atoms with van der Waals surface area (Å²) >= 11 is 0. The number of para-hydroxylation sites is 1. The van der Waals surface area contributed by atoms with Crippen molar-refractivity contribution in [3.63, 3.8) is 0 Å². The van der Waals surface area contributed by atoms with E-state index in [2.05, 4.69) is 39.9 Å². The van der Waals surface area contributed by atoms with Crippen molar-refractivity contribution in [1.82, 2.24) is 20.2 Å². The Kier molecular flexibility index (Phi) is 5.05. The summed E-state index contributed by atoms with van der Waals surface area (Å²) in [6.45, 7) is 5.97. The summed E-state index contributed by atoms with van der Waals surface area (Å²) < 4.78 is 7.75. The Balaban J connectivity index is 1.68. The van der Waals surface area contributed by atoms with Crippen LogP contribution in [-0.2, 0) is 19.7 Å². The molecule has 0 aliphatic heterocycles. The van der Waals surface area contributed by atoms with E-state index in [1.54, 1.807) is 4.68 Å². The minimum atomic E-state index is 0.552. The normalized spacial score (nSPS) is 10.6. The molecule has 0 aliphatic carbocycles. The lowest BCUT2D eigenvalue weighted by atomic mass is 10.1. The van der Waals surface area contributed by atoms with Crippen LogP contribution >= 0.6 is 0 Å². The third-order valence-electron chi connectivity index (χ3n) is 3.89. The van der Waals surface area contributed by atoms with E-state index in [-0.39, 0.29) is 0 Å². The van der Waals surface area contributed by atoms with Gasteiger partial charge in [0.15, 0.2) is 0 Å². The summed E-state index contributed by atoms with van der Waals surface area (Å²) in [5, 5.41) is 14.8. The maximum absolute atomic E-state index is 6.03. The minimum absolute atomic E-state index is 0.552. The number of aromatic nitrogens is 4. The Morgan fingerprint density at radius 1 is 1.04 bits per heavy atom. The molecule has 2 aromatic carbocycles. The van der Waals surface area contributed by atoms with Crippen LogP contribution in [0.5, 0.6) is 5.75 Å². The Morgan fingerprint density at radius 2 is 1.79 bits per heavy atom. The summed E-state index contributed by atoms with van der Waals surface area (Å²) in [7, 11) is 0. The van der Waals surface area contributed by atoms with Crippen molar-refractivity contribution >= 4 is 5.95 Å². The third kappa shape index (κ3) is 3.71. The second-order valence-corrected chi connectivity index (χ2v) is 5.49. The fourth-order valence-electron chi connectivity index (χ4n) is 2.44. The number of ether oxygens (including phenoxy) is 1. The van der Waals surface area contributed by atoms with Gasteiger partial charge in [-0.3, -0.25) is 0 Å². The zero-order valence-electron chi connectivity index (χ0n) is 13.9. The predicted molar refractivity (Wildman–Crippen MR) is 92.8 cm³/mol. The van der Waals surface area contributed by atoms with Crippen molar-refractivity contribution in [1.29, 1.82) is 0 Å². The standard InChI is InChI=1S/C18H21N5O/c1-3-23-18(20-21-22-23)19-12-15-9-6-7-11-17(15)24-13-16-10-5-4-8-14(16)2/h4-11H,3,12-13H2,1-2H3,(H,19,20,22). The van der Waals surface area contributed by atoms with Gasteiger partial charge in [-0.25, -0.2) is 4.68 Å². The summed E-state index contributed by atoms with van der Waals surface area (Å²) in [6, 6.07) is 16.3. The van der Waals surface area contributed by atoms with Gasteiger partial charge in [-0.1, -0.05) is 47.6 Å². The van der Waals surface area contributed by atoms with Crippen LogP contribution in [-0.4, -0.2) is 20.2 Å². The van der Waals surface area contributed by atoms with Crippen LogP contribution in [0.3, 0.4) is 0 Å². The zero-order chi connectivity index (χ0) is 16.8. The van der Waals surface area contributed by atoms with Crippen molar-refractivity contribution in [2.45, 2.75) is 33.5 Å². The van der Waals surface area contributed by atoms with Crippen molar-refractivity contribution < 1.29 is 4.74 Å². The quantitative estimate of drug-likeness (QED) is 0.723. The lowest BCUT2D eigenvalue weighted by molar-refractivity contribution is 0.302. The van der Waals surface area contributed by atoms with E-state index < -0.39 is 0 Å². The average molecular weight is 323 g/mol. The first-order chi connectivity index (χ1) is 11.8. The van der Waals surface area contributed by atoms with E-state index in [1.807, 2.05) is 43.3 Å². The highest BCUT2D eigenvalue weighted by molar-refractivity contribution is 5.37. The maximum atomic E-state index is 6.03. The molecule has 3 aromatic rings. The number of nitrogens with one attached hydrogen (secondary N) is 1. The number of anilines is 1. The molecule has 0 saturated carbocycles. The highest BCUT2D eigenvalue weighted by Gasteiger charge is 2.07. The van der Waals surface area contributed by atoms with Crippen molar-refractivity contribution in [2.24, 2.45) is 0 Å². The molecule has 6 heteroatoms. The minimum Gasteiger partial charge on any atom is -0.489 e. The van der Waals surface area contributed by atoms with Crippen LogP contribution in [0, 0.1) is 6.92 Å². The molecule has 124 valence electrons. The number of hydrogen-bond acceptors (Lipinski definition) is 5. The monoisotopic (exact) mass is 323 g/mol. The van der Waals surface area contributed by atoms with Gasteiger partial charge >= 0.3 is 0 Å². The fraction of sp³-hybridized carbons (Fsp3) is 0.278. The van der Waals surface area contributed by atoms with E-state index in [0.717, 1.165) is 17.9 Å². The zero-order valence-corrected chi connectivity index (χ0v) is 13.9. The van der Waals surface area contributed by atoms with Crippen molar-refractivity contribution in [2.75, 3.05) is 5.32 Å². The molecule has 0 fully saturated rings. The maximum Gasteiger partial charge on any atom is 0.243 e. The molecule has 0 bridgehead atoms. The molecule has 0 radical (unpaired) electrons. The first kappa shape index (κ1) is 16.0. The van der Waals surface area contributed by atoms with Crippen LogP contribution in [0.1, 0.15) is 23.6 Å². The van der Waals surface area contributed by atoms with Gasteiger partial charge in [0.25, 0.3) is 0 Å². The summed E-state index contributed by atoms with van der Waals surface area (Å²) in [4.78, 5) is 0.